The summed E-state index contributed by atoms with van der Waals surface area (Å²) in [6, 6.07) is 7.99. The summed E-state index contributed by atoms with van der Waals surface area (Å²) in [6.07, 6.45) is -0.464. The maximum atomic E-state index is 10.1. The number of aliphatic hydroxyl groups excluding tert-OH is 1. The number of benzene rings is 1. The number of aryl methyl sites for hydroxylation is 3. The molecule has 2 rings (SSSR count). The van der Waals surface area contributed by atoms with Gasteiger partial charge < -0.3 is 10.4 Å². The summed E-state index contributed by atoms with van der Waals surface area (Å²) in [7, 11) is 0. The van der Waals surface area contributed by atoms with E-state index in [1.54, 1.807) is 11.3 Å². The van der Waals surface area contributed by atoms with Crippen LogP contribution in [-0.4, -0.2) is 16.6 Å². The van der Waals surface area contributed by atoms with Crippen LogP contribution in [-0.2, 0) is 6.54 Å². The minimum Gasteiger partial charge on any atom is -0.387 e. The molecule has 0 spiro atoms. The van der Waals surface area contributed by atoms with E-state index in [0.29, 0.717) is 6.54 Å². The van der Waals surface area contributed by atoms with Gasteiger partial charge in [-0.3, -0.25) is 0 Å². The van der Waals surface area contributed by atoms with Crippen molar-refractivity contribution < 1.29 is 5.11 Å². The van der Waals surface area contributed by atoms with E-state index in [2.05, 4.69) is 10.3 Å². The number of rotatable bonds is 5. The largest absolute Gasteiger partial charge is 0.387 e. The summed E-state index contributed by atoms with van der Waals surface area (Å²) < 4.78 is 0. The Morgan fingerprint density at radius 1 is 1.32 bits per heavy atom. The molecule has 1 unspecified atom stereocenters. The minimum atomic E-state index is -0.464. The predicted octanol–water partition coefficient (Wildman–Crippen LogP) is 2.89. The fourth-order valence-corrected chi connectivity index (χ4v) is 2.96. The fourth-order valence-electron chi connectivity index (χ4n) is 2.06. The Kier molecular flexibility index (Phi) is 4.69. The molecule has 2 aromatic rings. The van der Waals surface area contributed by atoms with Crippen LogP contribution in [0.1, 0.15) is 32.8 Å². The Morgan fingerprint density at radius 3 is 2.74 bits per heavy atom. The van der Waals surface area contributed by atoms with Gasteiger partial charge in [0.25, 0.3) is 0 Å². The Hall–Kier alpha value is -1.23. The topological polar surface area (TPSA) is 45.1 Å². The van der Waals surface area contributed by atoms with E-state index in [-0.39, 0.29) is 0 Å². The van der Waals surface area contributed by atoms with Crippen molar-refractivity contribution in [3.05, 3.63) is 51.0 Å². The molecule has 19 heavy (non-hydrogen) atoms. The number of aliphatic hydroxyl groups is 1. The van der Waals surface area contributed by atoms with Crippen LogP contribution >= 0.6 is 11.3 Å². The van der Waals surface area contributed by atoms with Crippen molar-refractivity contribution in [2.45, 2.75) is 33.4 Å². The van der Waals surface area contributed by atoms with Gasteiger partial charge in [0.1, 0.15) is 0 Å². The summed E-state index contributed by atoms with van der Waals surface area (Å²) in [4.78, 5) is 5.64. The van der Waals surface area contributed by atoms with Crippen molar-refractivity contribution in [3.8, 4) is 0 Å². The highest BCUT2D eigenvalue weighted by atomic mass is 32.1. The third-order valence-corrected chi connectivity index (χ3v) is 4.12. The van der Waals surface area contributed by atoms with Crippen LogP contribution in [0.15, 0.2) is 24.3 Å². The normalized spacial score (nSPS) is 12.6. The maximum Gasteiger partial charge on any atom is 0.0914 e. The van der Waals surface area contributed by atoms with Gasteiger partial charge in [0, 0.05) is 18.0 Å². The highest BCUT2D eigenvalue weighted by Crippen LogP contribution is 2.17. The average molecular weight is 276 g/mol. The third kappa shape index (κ3) is 3.86. The lowest BCUT2D eigenvalue weighted by Crippen LogP contribution is -2.21. The molecular formula is C15H20N2OS. The molecule has 1 aromatic carbocycles. The second-order valence-corrected chi connectivity index (χ2v) is 6.09. The molecule has 3 nitrogen and oxygen atoms in total. The molecule has 1 aromatic heterocycles. The van der Waals surface area contributed by atoms with E-state index in [4.69, 9.17) is 0 Å². The van der Waals surface area contributed by atoms with Crippen LogP contribution in [0.25, 0.3) is 0 Å². The first kappa shape index (κ1) is 14.2. The Morgan fingerprint density at radius 2 is 2.11 bits per heavy atom. The highest BCUT2D eigenvalue weighted by Gasteiger charge is 2.08. The molecule has 1 heterocycles. The van der Waals surface area contributed by atoms with E-state index in [1.807, 2.05) is 45.0 Å². The second kappa shape index (κ2) is 6.28. The molecule has 0 aliphatic carbocycles. The van der Waals surface area contributed by atoms with E-state index >= 15 is 0 Å². The molecule has 0 saturated carbocycles. The smallest absolute Gasteiger partial charge is 0.0914 e. The number of thiazole rings is 1. The number of hydrogen-bond acceptors (Lipinski definition) is 4. The van der Waals surface area contributed by atoms with E-state index in [1.165, 1.54) is 10.4 Å². The van der Waals surface area contributed by atoms with E-state index in [0.717, 1.165) is 22.8 Å². The summed E-state index contributed by atoms with van der Waals surface area (Å²) in [5, 5.41) is 14.5. The van der Waals surface area contributed by atoms with Crippen LogP contribution in [0.5, 0.6) is 0 Å². The zero-order chi connectivity index (χ0) is 13.8. The highest BCUT2D eigenvalue weighted by molar-refractivity contribution is 7.11. The number of hydrogen-bond donors (Lipinski definition) is 2. The second-order valence-electron chi connectivity index (χ2n) is 4.80. The van der Waals surface area contributed by atoms with Gasteiger partial charge in [0.05, 0.1) is 16.8 Å². The van der Waals surface area contributed by atoms with Crippen LogP contribution in [0, 0.1) is 20.8 Å². The van der Waals surface area contributed by atoms with Gasteiger partial charge in [-0.05, 0) is 26.3 Å². The molecule has 0 saturated heterocycles. The molecular weight excluding hydrogens is 256 g/mol. The van der Waals surface area contributed by atoms with Crippen LogP contribution in [0.2, 0.25) is 0 Å². The minimum absolute atomic E-state index is 0.464. The van der Waals surface area contributed by atoms with Gasteiger partial charge in [-0.25, -0.2) is 4.98 Å². The van der Waals surface area contributed by atoms with Gasteiger partial charge in [0.2, 0.25) is 0 Å². The van der Waals surface area contributed by atoms with Crippen molar-refractivity contribution in [3.63, 3.8) is 0 Å². The SMILES string of the molecule is Cc1cccc(C(O)CNCc2sc(C)nc2C)c1. The van der Waals surface area contributed by atoms with Gasteiger partial charge in [-0.1, -0.05) is 29.8 Å². The summed E-state index contributed by atoms with van der Waals surface area (Å²) in [5.41, 5.74) is 3.22. The Bertz CT molecular complexity index is 551. The molecule has 0 aliphatic heterocycles. The molecule has 0 fully saturated rings. The average Bonchev–Trinajstić information content (AvgIpc) is 2.68. The third-order valence-electron chi connectivity index (χ3n) is 3.05. The molecule has 0 aliphatic rings. The van der Waals surface area contributed by atoms with Gasteiger partial charge >= 0.3 is 0 Å². The van der Waals surface area contributed by atoms with Gasteiger partial charge in [-0.15, -0.1) is 11.3 Å². The van der Waals surface area contributed by atoms with Crippen molar-refractivity contribution in [2.75, 3.05) is 6.54 Å². The molecule has 102 valence electrons. The lowest BCUT2D eigenvalue weighted by molar-refractivity contribution is 0.174. The monoisotopic (exact) mass is 276 g/mol. The van der Waals surface area contributed by atoms with Crippen molar-refractivity contribution in [1.29, 1.82) is 0 Å². The zero-order valence-corrected chi connectivity index (χ0v) is 12.4. The van der Waals surface area contributed by atoms with Crippen molar-refractivity contribution in [2.24, 2.45) is 0 Å². The number of nitrogens with zero attached hydrogens (tertiary/aromatic N) is 1. The number of nitrogens with one attached hydrogen (secondary N) is 1. The molecule has 4 heteroatoms. The maximum absolute atomic E-state index is 10.1. The lowest BCUT2D eigenvalue weighted by atomic mass is 10.1. The first-order valence-corrected chi connectivity index (χ1v) is 7.26. The quantitative estimate of drug-likeness (QED) is 0.882. The van der Waals surface area contributed by atoms with Crippen LogP contribution in [0.4, 0.5) is 0 Å². The van der Waals surface area contributed by atoms with E-state index in [9.17, 15) is 5.11 Å². The first-order chi connectivity index (χ1) is 9.06. The van der Waals surface area contributed by atoms with Crippen molar-refractivity contribution in [1.82, 2.24) is 10.3 Å². The van der Waals surface area contributed by atoms with Crippen LogP contribution in [0.3, 0.4) is 0 Å². The molecule has 2 N–H and O–H groups in total. The molecule has 1 atom stereocenters. The molecule has 0 radical (unpaired) electrons. The Balaban J connectivity index is 1.87. The summed E-state index contributed by atoms with van der Waals surface area (Å²) >= 11 is 1.71. The van der Waals surface area contributed by atoms with Gasteiger partial charge in [0.15, 0.2) is 0 Å². The Labute approximate surface area is 118 Å². The summed E-state index contributed by atoms with van der Waals surface area (Å²) in [6.45, 7) is 7.40. The van der Waals surface area contributed by atoms with Crippen molar-refractivity contribution >= 4 is 11.3 Å². The summed E-state index contributed by atoms with van der Waals surface area (Å²) in [5.74, 6) is 0. The number of aromatic nitrogens is 1. The zero-order valence-electron chi connectivity index (χ0n) is 11.6. The lowest BCUT2D eigenvalue weighted by Gasteiger charge is -2.12. The van der Waals surface area contributed by atoms with Gasteiger partial charge in [-0.2, -0.15) is 0 Å². The standard InChI is InChI=1S/C15H20N2OS/c1-10-5-4-6-13(7-10)14(18)8-16-9-15-11(2)17-12(3)19-15/h4-7,14,16,18H,8-9H2,1-3H3. The molecule has 0 amide bonds. The predicted molar refractivity (Wildman–Crippen MR) is 79.4 cm³/mol. The van der Waals surface area contributed by atoms with E-state index < -0.39 is 6.10 Å². The fraction of sp³-hybridized carbons (Fsp3) is 0.400. The molecule has 0 bridgehead atoms. The first-order valence-electron chi connectivity index (χ1n) is 6.44. The van der Waals surface area contributed by atoms with Crippen LogP contribution < -0.4 is 5.32 Å².